The molecule has 0 aliphatic heterocycles. The Balaban J connectivity index is 2.18. The van der Waals surface area contributed by atoms with Gasteiger partial charge in [0.15, 0.2) is 17.2 Å². The van der Waals surface area contributed by atoms with Crippen molar-refractivity contribution in [3.05, 3.63) is 64.3 Å². The Labute approximate surface area is 221 Å². The highest BCUT2D eigenvalue weighted by atomic mass is 32.2. The molecule has 0 aliphatic rings. The predicted molar refractivity (Wildman–Crippen MR) is 144 cm³/mol. The van der Waals surface area contributed by atoms with Crippen LogP contribution in [-0.2, 0) is 9.53 Å². The molecule has 2 aromatic rings. The molecule has 0 unspecified atom stereocenters. The number of halogens is 1. The quantitative estimate of drug-likeness (QED) is 0.269. The van der Waals surface area contributed by atoms with Gasteiger partial charge in [0.05, 0.1) is 38.0 Å². The highest BCUT2D eigenvalue weighted by Gasteiger charge is 2.16. The third-order valence-corrected chi connectivity index (χ3v) is 5.79. The van der Waals surface area contributed by atoms with Crippen LogP contribution in [0.1, 0.15) is 40.0 Å². The van der Waals surface area contributed by atoms with E-state index in [0.717, 1.165) is 24.5 Å². The molecule has 0 aliphatic carbocycles. The second kappa shape index (κ2) is 15.5. The minimum atomic E-state index is -0.584. The summed E-state index contributed by atoms with van der Waals surface area (Å²) in [5, 5.41) is 7.77. The van der Waals surface area contributed by atoms with Crippen molar-refractivity contribution in [2.45, 2.75) is 40.0 Å². The van der Waals surface area contributed by atoms with Crippen LogP contribution in [-0.4, -0.2) is 32.8 Å². The lowest BCUT2D eigenvalue weighted by molar-refractivity contribution is -0.142. The Bertz CT molecular complexity index is 1140. The number of esters is 1. The summed E-state index contributed by atoms with van der Waals surface area (Å²) in [4.78, 5) is 24.5. The Morgan fingerprint density at radius 2 is 1.81 bits per heavy atom. The Morgan fingerprint density at radius 3 is 2.49 bits per heavy atom. The number of allylic oxidation sites excluding steroid dienone is 1. The van der Waals surface area contributed by atoms with Crippen LogP contribution in [0.2, 0.25) is 0 Å². The van der Waals surface area contributed by atoms with Gasteiger partial charge in [-0.1, -0.05) is 42.8 Å². The number of benzene rings is 2. The van der Waals surface area contributed by atoms with Gasteiger partial charge in [-0.3, -0.25) is 4.79 Å². The van der Waals surface area contributed by atoms with Crippen molar-refractivity contribution in [1.29, 1.82) is 0 Å². The maximum Gasteiger partial charge on any atom is 0.324 e. The van der Waals surface area contributed by atoms with Crippen molar-refractivity contribution in [2.24, 2.45) is 0 Å². The summed E-state index contributed by atoms with van der Waals surface area (Å²) >= 11 is 1.27. The van der Waals surface area contributed by atoms with E-state index >= 15 is 0 Å². The molecule has 2 amide bonds. The van der Waals surface area contributed by atoms with Crippen LogP contribution in [0.15, 0.2) is 58.5 Å². The lowest BCUT2D eigenvalue weighted by atomic mass is 10.2. The topological polar surface area (TPSA) is 95.1 Å². The number of hydrogen-bond acceptors (Lipinski definition) is 7. The van der Waals surface area contributed by atoms with Crippen molar-refractivity contribution < 1.29 is 32.9 Å². The first-order chi connectivity index (χ1) is 17.8. The highest BCUT2D eigenvalue weighted by molar-refractivity contribution is 8.05. The average molecular weight is 533 g/mol. The summed E-state index contributed by atoms with van der Waals surface area (Å²) in [5.74, 6) is 0.499. The molecular formula is C27H33FN2O6S. The van der Waals surface area contributed by atoms with Crippen LogP contribution < -0.4 is 24.8 Å². The van der Waals surface area contributed by atoms with Gasteiger partial charge in [-0.2, -0.15) is 0 Å². The van der Waals surface area contributed by atoms with Crippen molar-refractivity contribution in [1.82, 2.24) is 5.32 Å². The van der Waals surface area contributed by atoms with Gasteiger partial charge in [0, 0.05) is 6.07 Å². The third-order valence-electron chi connectivity index (χ3n) is 4.75. The number of carbonyl (C=O) groups is 2. The van der Waals surface area contributed by atoms with Gasteiger partial charge in [-0.15, -0.1) is 0 Å². The molecule has 0 fully saturated rings. The van der Waals surface area contributed by atoms with Gasteiger partial charge in [0.2, 0.25) is 5.75 Å². The van der Waals surface area contributed by atoms with E-state index < -0.39 is 11.8 Å². The van der Waals surface area contributed by atoms with Gasteiger partial charge < -0.3 is 29.6 Å². The SMILES string of the molecule is CCC/C=C(\NC(=O)Nc1cc(F)ccc1Oc1cccc(OC)c1OC)S/C=C(\C)CC(=O)OCC. The maximum absolute atomic E-state index is 14.1. The number of rotatable bonds is 13. The van der Waals surface area contributed by atoms with Crippen molar-refractivity contribution in [3.8, 4) is 23.0 Å². The predicted octanol–water partition coefficient (Wildman–Crippen LogP) is 6.99. The van der Waals surface area contributed by atoms with Crippen LogP contribution in [0, 0.1) is 5.82 Å². The van der Waals surface area contributed by atoms with Crippen molar-refractivity contribution in [2.75, 3.05) is 26.1 Å². The fourth-order valence-electron chi connectivity index (χ4n) is 3.06. The average Bonchev–Trinajstić information content (AvgIpc) is 2.87. The molecule has 0 radical (unpaired) electrons. The van der Waals surface area contributed by atoms with E-state index in [1.54, 1.807) is 30.5 Å². The van der Waals surface area contributed by atoms with Gasteiger partial charge in [-0.25, -0.2) is 9.18 Å². The first-order valence-electron chi connectivity index (χ1n) is 11.8. The van der Waals surface area contributed by atoms with Gasteiger partial charge in [0.1, 0.15) is 5.82 Å². The molecule has 37 heavy (non-hydrogen) atoms. The Kier molecular flexibility index (Phi) is 12.3. The maximum atomic E-state index is 14.1. The summed E-state index contributed by atoms with van der Waals surface area (Å²) in [7, 11) is 2.98. The summed E-state index contributed by atoms with van der Waals surface area (Å²) in [6, 6.07) is 8.32. The van der Waals surface area contributed by atoms with E-state index in [-0.39, 0.29) is 23.8 Å². The molecule has 2 N–H and O–H groups in total. The van der Waals surface area contributed by atoms with Crippen LogP contribution in [0.5, 0.6) is 23.0 Å². The molecule has 0 saturated carbocycles. The molecule has 0 atom stereocenters. The summed E-state index contributed by atoms with van der Waals surface area (Å²) < 4.78 is 35.7. The number of amides is 2. The van der Waals surface area contributed by atoms with Crippen LogP contribution in [0.3, 0.4) is 0 Å². The van der Waals surface area contributed by atoms with Crippen LogP contribution >= 0.6 is 11.8 Å². The van der Waals surface area contributed by atoms with Crippen LogP contribution in [0.25, 0.3) is 0 Å². The molecule has 200 valence electrons. The highest BCUT2D eigenvalue weighted by Crippen LogP contribution is 2.41. The molecule has 0 saturated heterocycles. The number of anilines is 1. The monoisotopic (exact) mass is 532 g/mol. The second-order valence-electron chi connectivity index (χ2n) is 7.73. The number of hydrogen-bond donors (Lipinski definition) is 2. The molecule has 2 aromatic carbocycles. The van der Waals surface area contributed by atoms with Crippen LogP contribution in [0.4, 0.5) is 14.9 Å². The van der Waals surface area contributed by atoms with Gasteiger partial charge in [-0.05, 0) is 49.9 Å². The second-order valence-corrected chi connectivity index (χ2v) is 8.65. The number of urea groups is 1. The Morgan fingerprint density at radius 1 is 1.05 bits per heavy atom. The smallest absolute Gasteiger partial charge is 0.324 e. The summed E-state index contributed by atoms with van der Waals surface area (Å²) in [6.07, 6.45) is 3.65. The fraction of sp³-hybridized carbons (Fsp3) is 0.333. The largest absolute Gasteiger partial charge is 0.493 e. The first kappa shape index (κ1) is 29.6. The van der Waals surface area contributed by atoms with Gasteiger partial charge >= 0.3 is 12.0 Å². The number of para-hydroxylation sites is 1. The molecule has 0 bridgehead atoms. The Hall–Kier alpha value is -3.66. The minimum absolute atomic E-state index is 0.122. The molecule has 0 aromatic heterocycles. The number of ether oxygens (including phenoxy) is 4. The lowest BCUT2D eigenvalue weighted by Gasteiger charge is -2.16. The normalized spacial score (nSPS) is 11.5. The third kappa shape index (κ3) is 9.72. The molecular weight excluding hydrogens is 499 g/mol. The van der Waals surface area contributed by atoms with E-state index in [1.165, 1.54) is 38.1 Å². The van der Waals surface area contributed by atoms with Crippen molar-refractivity contribution >= 4 is 29.4 Å². The van der Waals surface area contributed by atoms with Crippen molar-refractivity contribution in [3.63, 3.8) is 0 Å². The molecule has 10 heteroatoms. The summed E-state index contributed by atoms with van der Waals surface area (Å²) in [5.41, 5.74) is 0.914. The van der Waals surface area contributed by atoms with E-state index in [4.69, 9.17) is 18.9 Å². The minimum Gasteiger partial charge on any atom is -0.493 e. The zero-order valence-electron chi connectivity index (χ0n) is 21.7. The standard InChI is InChI=1S/C27H33FN2O6S/c1-6-8-12-24(37-17-18(3)15-25(31)35-7-2)30-27(32)29-20-16-19(28)13-14-21(20)36-23-11-9-10-22(33-4)26(23)34-5/h9-14,16-17H,6-8,15H2,1-5H3,(H2,29,30,32)/b18-17+,24-12+. The molecule has 8 nitrogen and oxygen atoms in total. The number of carbonyl (C=O) groups excluding carboxylic acids is 2. The zero-order chi connectivity index (χ0) is 27.2. The number of methoxy groups -OCH3 is 2. The van der Waals surface area contributed by atoms with E-state index in [1.807, 2.05) is 19.9 Å². The zero-order valence-corrected chi connectivity index (χ0v) is 22.5. The van der Waals surface area contributed by atoms with E-state index in [2.05, 4.69) is 10.6 Å². The number of nitrogens with one attached hydrogen (secondary N) is 2. The fourth-order valence-corrected chi connectivity index (χ4v) is 3.84. The number of thioether (sulfide) groups is 1. The van der Waals surface area contributed by atoms with E-state index in [9.17, 15) is 14.0 Å². The lowest BCUT2D eigenvalue weighted by Crippen LogP contribution is -2.27. The molecule has 2 rings (SSSR count). The van der Waals surface area contributed by atoms with Gasteiger partial charge in [0.25, 0.3) is 0 Å². The summed E-state index contributed by atoms with van der Waals surface area (Å²) in [6.45, 7) is 5.90. The van der Waals surface area contributed by atoms with E-state index in [0.29, 0.717) is 28.9 Å². The number of unbranched alkanes of at least 4 members (excludes halogenated alkanes) is 1. The molecule has 0 spiro atoms. The molecule has 0 heterocycles. The first-order valence-corrected chi connectivity index (χ1v) is 12.6.